The van der Waals surface area contributed by atoms with E-state index in [0.29, 0.717) is 17.5 Å². The summed E-state index contributed by atoms with van der Waals surface area (Å²) in [6.45, 7) is 0. The van der Waals surface area contributed by atoms with Crippen molar-refractivity contribution in [1.29, 1.82) is 0 Å². The standard InChI is InChI=1S/C55H41N3O/c1-3-11-35(12-4-1)43-18-10-20-49-51(43)45-23-21-40(32-50(45)59-49)54-57-52(36-13-5-2-6-14-36)56-53(58-54)39-16-9-15-37(30-39)38-22-24-48-46(31-38)44-17-7-8-19-47(44)55(48)41-26-33-25-34(28-41)29-42(55)27-33/h1-24,30-34,41-42H,25-29H2. The molecule has 4 heteroatoms. The van der Waals surface area contributed by atoms with Crippen LogP contribution in [0.3, 0.4) is 0 Å². The highest BCUT2D eigenvalue weighted by Gasteiger charge is 2.61. The van der Waals surface area contributed by atoms with Gasteiger partial charge in [-0.15, -0.1) is 0 Å². The summed E-state index contributed by atoms with van der Waals surface area (Å²) in [5, 5.41) is 2.18. The summed E-state index contributed by atoms with van der Waals surface area (Å²) < 4.78 is 6.52. The summed E-state index contributed by atoms with van der Waals surface area (Å²) in [5.41, 5.74) is 15.4. The molecule has 59 heavy (non-hydrogen) atoms. The molecule has 0 radical (unpaired) electrons. The lowest BCUT2D eigenvalue weighted by atomic mass is 9.43. The average molecular weight is 760 g/mol. The molecule has 4 saturated carbocycles. The van der Waals surface area contributed by atoms with Gasteiger partial charge in [-0.3, -0.25) is 0 Å². The van der Waals surface area contributed by atoms with Gasteiger partial charge in [-0.05, 0) is 131 Å². The predicted octanol–water partition coefficient (Wildman–Crippen LogP) is 13.8. The molecule has 14 rings (SSSR count). The maximum atomic E-state index is 6.52. The zero-order valence-corrected chi connectivity index (χ0v) is 32.7. The Kier molecular flexibility index (Phi) is 7.16. The minimum absolute atomic E-state index is 0.171. The molecule has 9 aromatic rings. The minimum Gasteiger partial charge on any atom is -0.456 e. The van der Waals surface area contributed by atoms with Crippen LogP contribution in [0.2, 0.25) is 0 Å². The van der Waals surface area contributed by atoms with Crippen LogP contribution in [0.15, 0.2) is 168 Å². The van der Waals surface area contributed by atoms with Crippen LogP contribution in [0.4, 0.5) is 0 Å². The van der Waals surface area contributed by atoms with Gasteiger partial charge in [-0.2, -0.15) is 0 Å². The van der Waals surface area contributed by atoms with Crippen molar-refractivity contribution < 1.29 is 4.42 Å². The van der Waals surface area contributed by atoms with E-state index in [0.717, 1.165) is 79.0 Å². The molecule has 4 fully saturated rings. The Bertz CT molecular complexity index is 3100. The third kappa shape index (κ3) is 4.99. The monoisotopic (exact) mass is 759 g/mol. The fourth-order valence-corrected chi connectivity index (χ4v) is 12.3. The molecule has 4 nitrogen and oxygen atoms in total. The number of fused-ring (bicyclic) bond motifs is 6. The van der Waals surface area contributed by atoms with E-state index >= 15 is 0 Å². The molecule has 0 N–H and O–H groups in total. The normalized spacial score (nSPS) is 22.3. The van der Waals surface area contributed by atoms with E-state index in [1.165, 1.54) is 48.8 Å². The van der Waals surface area contributed by atoms with Gasteiger partial charge in [0.1, 0.15) is 11.2 Å². The first-order chi connectivity index (χ1) is 29.2. The molecule has 0 atom stereocenters. The van der Waals surface area contributed by atoms with Crippen LogP contribution < -0.4 is 0 Å². The number of rotatable bonds is 5. The van der Waals surface area contributed by atoms with Crippen molar-refractivity contribution in [1.82, 2.24) is 15.0 Å². The molecule has 0 aliphatic heterocycles. The minimum atomic E-state index is 0.171. The molecule has 0 amide bonds. The van der Waals surface area contributed by atoms with Crippen LogP contribution in [0.1, 0.15) is 43.2 Å². The fraction of sp³-hybridized carbons (Fsp3) is 0.182. The highest BCUT2D eigenvalue weighted by Crippen LogP contribution is 2.69. The number of hydrogen-bond acceptors (Lipinski definition) is 4. The van der Waals surface area contributed by atoms with Crippen molar-refractivity contribution in [3.63, 3.8) is 0 Å². The lowest BCUT2D eigenvalue weighted by Crippen LogP contribution is -2.55. The van der Waals surface area contributed by atoms with Crippen LogP contribution in [0.25, 0.3) is 89.5 Å². The van der Waals surface area contributed by atoms with E-state index in [-0.39, 0.29) is 5.41 Å². The largest absolute Gasteiger partial charge is 0.456 e. The molecule has 282 valence electrons. The highest BCUT2D eigenvalue weighted by atomic mass is 16.3. The lowest BCUT2D eigenvalue weighted by Gasteiger charge is -2.61. The SMILES string of the molecule is c1ccc(-c2nc(-c3cccc(-c4ccc5c(c4)-c4ccccc4C54C5CC6CC(C5)CC4C6)c3)nc(-c3ccc4c(c3)oc3cccc(-c5ccccc5)c34)n2)cc1. The zero-order chi connectivity index (χ0) is 38.7. The van der Waals surface area contributed by atoms with E-state index in [4.69, 9.17) is 19.4 Å². The Morgan fingerprint density at radius 1 is 0.390 bits per heavy atom. The molecule has 2 heterocycles. The fourth-order valence-electron chi connectivity index (χ4n) is 12.3. The Morgan fingerprint density at radius 2 is 0.949 bits per heavy atom. The van der Waals surface area contributed by atoms with Gasteiger partial charge >= 0.3 is 0 Å². The van der Waals surface area contributed by atoms with Gasteiger partial charge in [0.15, 0.2) is 17.5 Å². The van der Waals surface area contributed by atoms with Gasteiger partial charge in [0.25, 0.3) is 0 Å². The second kappa shape index (κ2) is 12.7. The van der Waals surface area contributed by atoms with Crippen LogP contribution in [0, 0.1) is 23.7 Å². The smallest absolute Gasteiger partial charge is 0.164 e. The van der Waals surface area contributed by atoms with E-state index in [1.54, 1.807) is 11.1 Å². The van der Waals surface area contributed by atoms with E-state index in [1.807, 2.05) is 24.3 Å². The van der Waals surface area contributed by atoms with Gasteiger partial charge in [-0.25, -0.2) is 15.0 Å². The number of furan rings is 1. The second-order valence-corrected chi connectivity index (χ2v) is 17.6. The van der Waals surface area contributed by atoms with Gasteiger partial charge in [0.2, 0.25) is 0 Å². The molecular formula is C55H41N3O. The average Bonchev–Trinajstić information content (AvgIpc) is 3.82. The molecular weight excluding hydrogens is 719 g/mol. The Labute approximate surface area is 343 Å². The Morgan fingerprint density at radius 3 is 1.71 bits per heavy atom. The molecule has 2 aromatic heterocycles. The molecule has 0 unspecified atom stereocenters. The van der Waals surface area contributed by atoms with Crippen molar-refractivity contribution in [2.24, 2.45) is 23.7 Å². The topological polar surface area (TPSA) is 51.8 Å². The lowest BCUT2D eigenvalue weighted by molar-refractivity contribution is -0.0399. The molecule has 1 spiro atoms. The van der Waals surface area contributed by atoms with Crippen LogP contribution in [0.5, 0.6) is 0 Å². The van der Waals surface area contributed by atoms with E-state index < -0.39 is 0 Å². The predicted molar refractivity (Wildman–Crippen MR) is 238 cm³/mol. The molecule has 4 bridgehead atoms. The van der Waals surface area contributed by atoms with Crippen molar-refractivity contribution >= 4 is 21.9 Å². The number of aromatic nitrogens is 3. The van der Waals surface area contributed by atoms with Gasteiger partial charge < -0.3 is 4.42 Å². The number of hydrogen-bond donors (Lipinski definition) is 0. The maximum Gasteiger partial charge on any atom is 0.164 e. The van der Waals surface area contributed by atoms with Crippen molar-refractivity contribution in [2.75, 3.05) is 0 Å². The van der Waals surface area contributed by atoms with Gasteiger partial charge in [-0.1, -0.05) is 133 Å². The molecule has 5 aliphatic carbocycles. The molecule has 7 aromatic carbocycles. The first kappa shape index (κ1) is 33.3. The van der Waals surface area contributed by atoms with Crippen molar-refractivity contribution in [3.8, 4) is 67.5 Å². The van der Waals surface area contributed by atoms with Gasteiger partial charge in [0, 0.05) is 32.9 Å². The number of nitrogens with zero attached hydrogens (tertiary/aromatic N) is 3. The zero-order valence-electron chi connectivity index (χ0n) is 32.7. The first-order valence-corrected chi connectivity index (χ1v) is 21.3. The molecule has 5 aliphatic rings. The van der Waals surface area contributed by atoms with Crippen molar-refractivity contribution in [3.05, 3.63) is 175 Å². The third-order valence-electron chi connectivity index (χ3n) is 14.5. The Hall–Kier alpha value is -6.65. The third-order valence-corrected chi connectivity index (χ3v) is 14.5. The van der Waals surface area contributed by atoms with E-state index in [9.17, 15) is 0 Å². The summed E-state index contributed by atoms with van der Waals surface area (Å²) in [6.07, 6.45) is 7.04. The summed E-state index contributed by atoms with van der Waals surface area (Å²) in [7, 11) is 0. The molecule has 0 saturated heterocycles. The summed E-state index contributed by atoms with van der Waals surface area (Å²) in [6, 6.07) is 58.8. The summed E-state index contributed by atoms with van der Waals surface area (Å²) >= 11 is 0. The highest BCUT2D eigenvalue weighted by molar-refractivity contribution is 6.13. The van der Waals surface area contributed by atoms with Gasteiger partial charge in [0.05, 0.1) is 0 Å². The van der Waals surface area contributed by atoms with Crippen LogP contribution >= 0.6 is 0 Å². The van der Waals surface area contributed by atoms with E-state index in [2.05, 4.69) is 140 Å². The van der Waals surface area contributed by atoms with Crippen LogP contribution in [-0.2, 0) is 5.41 Å². The number of benzene rings is 7. The summed E-state index contributed by atoms with van der Waals surface area (Å²) in [4.78, 5) is 15.4. The maximum absolute atomic E-state index is 6.52. The second-order valence-electron chi connectivity index (χ2n) is 17.6. The first-order valence-electron chi connectivity index (χ1n) is 21.3. The van der Waals surface area contributed by atoms with Crippen molar-refractivity contribution in [2.45, 2.75) is 37.5 Å². The quantitative estimate of drug-likeness (QED) is 0.175. The summed E-state index contributed by atoms with van der Waals surface area (Å²) in [5.74, 6) is 5.27. The van der Waals surface area contributed by atoms with Crippen LogP contribution in [-0.4, -0.2) is 15.0 Å². The Balaban J connectivity index is 0.916.